The third kappa shape index (κ3) is 4.68. The van der Waals surface area contributed by atoms with Crippen molar-refractivity contribution in [2.45, 2.75) is 19.9 Å². The summed E-state index contributed by atoms with van der Waals surface area (Å²) in [7, 11) is 0. The van der Waals surface area contributed by atoms with Gasteiger partial charge in [-0.05, 0) is 31.5 Å². The largest absolute Gasteiger partial charge is 0.409 e. The molecule has 1 rings (SSSR count). The first-order valence-corrected chi connectivity index (χ1v) is 5.99. The molecular weight excluding hydrogens is 232 g/mol. The molecule has 0 spiro atoms. The van der Waals surface area contributed by atoms with E-state index in [4.69, 9.17) is 15.7 Å². The smallest absolute Gasteiger partial charge is 0.189 e. The quantitative estimate of drug-likeness (QED) is 0.208. The van der Waals surface area contributed by atoms with Crippen molar-refractivity contribution in [3.05, 3.63) is 29.6 Å². The van der Waals surface area contributed by atoms with Crippen LogP contribution in [0.15, 0.2) is 23.5 Å². The van der Waals surface area contributed by atoms with E-state index in [1.54, 1.807) is 6.20 Å². The van der Waals surface area contributed by atoms with Gasteiger partial charge in [0.2, 0.25) is 0 Å². The van der Waals surface area contributed by atoms with Crippen LogP contribution in [0.4, 0.5) is 0 Å². The zero-order chi connectivity index (χ0) is 13.2. The molecule has 0 aliphatic carbocycles. The fraction of sp³-hybridized carbons (Fsp3) is 0.500. The predicted molar refractivity (Wildman–Crippen MR) is 69.6 cm³/mol. The Morgan fingerprint density at radius 2 is 2.44 bits per heavy atom. The topological polar surface area (TPSA) is 92.8 Å². The first kappa shape index (κ1) is 14.4. The van der Waals surface area contributed by atoms with Crippen molar-refractivity contribution in [3.8, 4) is 0 Å². The zero-order valence-corrected chi connectivity index (χ0v) is 10.6. The number of amidine groups is 1. The Morgan fingerprint density at radius 1 is 1.61 bits per heavy atom. The lowest BCUT2D eigenvalue weighted by Gasteiger charge is -2.08. The molecule has 0 saturated carbocycles. The van der Waals surface area contributed by atoms with Gasteiger partial charge in [-0.2, -0.15) is 0 Å². The molecule has 0 aromatic carbocycles. The summed E-state index contributed by atoms with van der Waals surface area (Å²) in [6.07, 6.45) is 2.57. The fourth-order valence-electron chi connectivity index (χ4n) is 1.53. The van der Waals surface area contributed by atoms with E-state index in [1.807, 2.05) is 19.1 Å². The average Bonchev–Trinajstić information content (AvgIpc) is 2.42. The van der Waals surface area contributed by atoms with Gasteiger partial charge < -0.3 is 21.0 Å². The monoisotopic (exact) mass is 252 g/mol. The van der Waals surface area contributed by atoms with Gasteiger partial charge in [-0.1, -0.05) is 11.2 Å². The number of rotatable bonds is 8. The van der Waals surface area contributed by atoms with Gasteiger partial charge in [0.05, 0.1) is 0 Å². The highest BCUT2D eigenvalue weighted by Crippen LogP contribution is 2.04. The first-order chi connectivity index (χ1) is 8.79. The van der Waals surface area contributed by atoms with Gasteiger partial charge in [0, 0.05) is 26.0 Å². The lowest BCUT2D eigenvalue weighted by molar-refractivity contribution is 0.144. The summed E-state index contributed by atoms with van der Waals surface area (Å²) < 4.78 is 5.24. The van der Waals surface area contributed by atoms with E-state index in [0.717, 1.165) is 31.7 Å². The van der Waals surface area contributed by atoms with Gasteiger partial charge in [0.1, 0.15) is 5.69 Å². The van der Waals surface area contributed by atoms with E-state index in [9.17, 15) is 0 Å². The second kappa shape index (κ2) is 8.43. The number of nitrogens with two attached hydrogens (primary N) is 1. The molecule has 1 heterocycles. The van der Waals surface area contributed by atoms with Crippen molar-refractivity contribution in [1.29, 1.82) is 0 Å². The number of hydrogen-bond acceptors (Lipinski definition) is 5. The van der Waals surface area contributed by atoms with Gasteiger partial charge in [-0.15, -0.1) is 0 Å². The zero-order valence-electron chi connectivity index (χ0n) is 10.6. The van der Waals surface area contributed by atoms with E-state index >= 15 is 0 Å². The van der Waals surface area contributed by atoms with Crippen LogP contribution in [-0.4, -0.2) is 35.8 Å². The summed E-state index contributed by atoms with van der Waals surface area (Å²) in [6.45, 7) is 4.96. The summed E-state index contributed by atoms with van der Waals surface area (Å²) in [6, 6.07) is 3.72. The molecule has 0 bridgehead atoms. The number of hydrogen-bond donors (Lipinski definition) is 3. The fourth-order valence-corrected chi connectivity index (χ4v) is 1.53. The van der Waals surface area contributed by atoms with Gasteiger partial charge in [-0.3, -0.25) is 4.98 Å². The minimum atomic E-state index is 0.0294. The second-order valence-corrected chi connectivity index (χ2v) is 3.72. The van der Waals surface area contributed by atoms with Gasteiger partial charge in [0.25, 0.3) is 0 Å². The van der Waals surface area contributed by atoms with E-state index in [0.29, 0.717) is 12.2 Å². The predicted octanol–water partition coefficient (Wildman–Crippen LogP) is 0.692. The molecule has 100 valence electrons. The van der Waals surface area contributed by atoms with Crippen molar-refractivity contribution < 1.29 is 9.94 Å². The Kier molecular flexibility index (Phi) is 6.75. The van der Waals surface area contributed by atoms with E-state index in [-0.39, 0.29) is 5.84 Å². The maximum Gasteiger partial charge on any atom is 0.189 e. The standard InChI is InChI=1S/C12H20N4O2/c1-2-18-8-4-6-14-9-10-5-3-7-15-11(10)12(13)16-17/h3,5,7,14,17H,2,4,6,8-9H2,1H3,(H2,13,16). The second-order valence-electron chi connectivity index (χ2n) is 3.72. The van der Waals surface area contributed by atoms with Crippen LogP contribution in [0, 0.1) is 0 Å². The maximum atomic E-state index is 8.67. The SMILES string of the molecule is CCOCCCNCc1cccnc1C(N)=NO. The van der Waals surface area contributed by atoms with E-state index in [1.165, 1.54) is 0 Å². The summed E-state index contributed by atoms with van der Waals surface area (Å²) in [5.74, 6) is 0.0294. The molecule has 6 heteroatoms. The third-order valence-corrected chi connectivity index (χ3v) is 2.40. The molecular formula is C12H20N4O2. The lowest BCUT2D eigenvalue weighted by atomic mass is 10.2. The van der Waals surface area contributed by atoms with Gasteiger partial charge in [0.15, 0.2) is 5.84 Å². The summed E-state index contributed by atoms with van der Waals surface area (Å²) in [4.78, 5) is 4.10. The van der Waals surface area contributed by atoms with Crippen LogP contribution in [0.1, 0.15) is 24.6 Å². The molecule has 1 aromatic heterocycles. The Bertz CT molecular complexity index is 382. The minimum Gasteiger partial charge on any atom is -0.409 e. The number of oxime groups is 1. The summed E-state index contributed by atoms with van der Waals surface area (Å²) in [5.41, 5.74) is 6.97. The highest BCUT2D eigenvalue weighted by Gasteiger charge is 2.07. The number of aromatic nitrogens is 1. The minimum absolute atomic E-state index is 0.0294. The Morgan fingerprint density at radius 3 is 3.17 bits per heavy atom. The van der Waals surface area contributed by atoms with Crippen LogP contribution in [0.3, 0.4) is 0 Å². The average molecular weight is 252 g/mol. The maximum absolute atomic E-state index is 8.67. The molecule has 0 saturated heterocycles. The molecule has 18 heavy (non-hydrogen) atoms. The van der Waals surface area contributed by atoms with Crippen molar-refractivity contribution in [1.82, 2.24) is 10.3 Å². The van der Waals surface area contributed by atoms with Crippen LogP contribution in [0.5, 0.6) is 0 Å². The molecule has 0 radical (unpaired) electrons. The highest BCUT2D eigenvalue weighted by atomic mass is 16.5. The normalized spacial score (nSPS) is 11.7. The molecule has 0 amide bonds. The molecule has 0 atom stereocenters. The van der Waals surface area contributed by atoms with Crippen molar-refractivity contribution in [3.63, 3.8) is 0 Å². The Balaban J connectivity index is 2.42. The Hall–Kier alpha value is -1.66. The first-order valence-electron chi connectivity index (χ1n) is 5.99. The van der Waals surface area contributed by atoms with E-state index < -0.39 is 0 Å². The Labute approximate surface area is 107 Å². The third-order valence-electron chi connectivity index (χ3n) is 2.40. The van der Waals surface area contributed by atoms with Gasteiger partial charge >= 0.3 is 0 Å². The molecule has 0 aliphatic rings. The number of nitrogens with one attached hydrogen (secondary N) is 1. The van der Waals surface area contributed by atoms with Crippen LogP contribution >= 0.6 is 0 Å². The lowest BCUT2D eigenvalue weighted by Crippen LogP contribution is -2.22. The van der Waals surface area contributed by atoms with Crippen LogP contribution < -0.4 is 11.1 Å². The van der Waals surface area contributed by atoms with E-state index in [2.05, 4.69) is 15.5 Å². The highest BCUT2D eigenvalue weighted by molar-refractivity contribution is 5.96. The number of pyridine rings is 1. The molecule has 1 aromatic rings. The summed E-state index contributed by atoms with van der Waals surface area (Å²) in [5, 5.41) is 14.9. The molecule has 6 nitrogen and oxygen atoms in total. The van der Waals surface area contributed by atoms with Crippen molar-refractivity contribution in [2.75, 3.05) is 19.8 Å². The van der Waals surface area contributed by atoms with Crippen LogP contribution in [0.2, 0.25) is 0 Å². The number of nitrogens with zero attached hydrogens (tertiary/aromatic N) is 2. The molecule has 0 unspecified atom stereocenters. The van der Waals surface area contributed by atoms with Crippen molar-refractivity contribution in [2.24, 2.45) is 10.9 Å². The van der Waals surface area contributed by atoms with Crippen molar-refractivity contribution >= 4 is 5.84 Å². The summed E-state index contributed by atoms with van der Waals surface area (Å²) >= 11 is 0. The molecule has 0 aliphatic heterocycles. The number of ether oxygens (including phenoxy) is 1. The van der Waals surface area contributed by atoms with Gasteiger partial charge in [-0.25, -0.2) is 0 Å². The van der Waals surface area contributed by atoms with Crippen LogP contribution in [0.25, 0.3) is 0 Å². The van der Waals surface area contributed by atoms with Crippen LogP contribution in [-0.2, 0) is 11.3 Å². The molecule has 4 N–H and O–H groups in total. The molecule has 0 fully saturated rings.